The number of rotatable bonds is 5. The lowest BCUT2D eigenvalue weighted by Gasteiger charge is -2.27. The number of amides is 2. The summed E-state index contributed by atoms with van der Waals surface area (Å²) in [6, 6.07) is 10.1. The number of carbonyl (C=O) groups excluding carboxylic acids is 1. The van der Waals surface area contributed by atoms with Crippen molar-refractivity contribution in [3.63, 3.8) is 0 Å². The number of urea groups is 1. The summed E-state index contributed by atoms with van der Waals surface area (Å²) in [6.45, 7) is 2.62. The lowest BCUT2D eigenvalue weighted by Crippen LogP contribution is -2.41. The van der Waals surface area contributed by atoms with E-state index >= 15 is 0 Å². The third-order valence-corrected chi connectivity index (χ3v) is 3.72. The van der Waals surface area contributed by atoms with Crippen molar-refractivity contribution < 1.29 is 4.79 Å². The molecule has 1 unspecified atom stereocenters. The minimum Gasteiger partial charge on any atom is -0.370 e. The van der Waals surface area contributed by atoms with Gasteiger partial charge in [-0.05, 0) is 19.1 Å². The van der Waals surface area contributed by atoms with Crippen molar-refractivity contribution in [2.24, 2.45) is 0 Å². The van der Waals surface area contributed by atoms with Gasteiger partial charge in [0.25, 0.3) is 0 Å². The molecule has 0 aliphatic rings. The van der Waals surface area contributed by atoms with Gasteiger partial charge in [0.2, 0.25) is 0 Å². The summed E-state index contributed by atoms with van der Waals surface area (Å²) in [5, 5.41) is 7.97. The van der Waals surface area contributed by atoms with Crippen LogP contribution in [0.25, 0.3) is 0 Å². The van der Waals surface area contributed by atoms with Gasteiger partial charge in [0.15, 0.2) is 5.13 Å². The van der Waals surface area contributed by atoms with Crippen molar-refractivity contribution in [2.75, 3.05) is 23.8 Å². The number of benzene rings is 1. The van der Waals surface area contributed by atoms with Crippen LogP contribution >= 0.6 is 11.3 Å². The van der Waals surface area contributed by atoms with E-state index in [-0.39, 0.29) is 12.1 Å². The number of thiazole rings is 1. The van der Waals surface area contributed by atoms with Gasteiger partial charge in [0.05, 0.1) is 0 Å². The van der Waals surface area contributed by atoms with Crippen LogP contribution in [0.15, 0.2) is 41.9 Å². The predicted molar refractivity (Wildman–Crippen MR) is 83.4 cm³/mol. The van der Waals surface area contributed by atoms with Gasteiger partial charge in [-0.2, -0.15) is 0 Å². The van der Waals surface area contributed by atoms with Crippen molar-refractivity contribution >= 4 is 28.2 Å². The van der Waals surface area contributed by atoms with E-state index < -0.39 is 0 Å². The second-order valence-electron chi connectivity index (χ2n) is 4.47. The number of anilines is 2. The topological polar surface area (TPSA) is 57.3 Å². The van der Waals surface area contributed by atoms with E-state index in [4.69, 9.17) is 0 Å². The number of aromatic nitrogens is 1. The molecule has 0 spiro atoms. The first-order valence-corrected chi connectivity index (χ1v) is 7.27. The van der Waals surface area contributed by atoms with Crippen LogP contribution in [0, 0.1) is 0 Å². The van der Waals surface area contributed by atoms with Crippen LogP contribution in [-0.2, 0) is 0 Å². The molecule has 20 heavy (non-hydrogen) atoms. The summed E-state index contributed by atoms with van der Waals surface area (Å²) in [4.78, 5) is 17.8. The number of para-hydroxylation sites is 1. The van der Waals surface area contributed by atoms with Crippen LogP contribution in [0.5, 0.6) is 0 Å². The molecule has 106 valence electrons. The molecule has 1 atom stereocenters. The zero-order valence-electron chi connectivity index (χ0n) is 11.5. The van der Waals surface area contributed by atoms with Crippen molar-refractivity contribution in [2.45, 2.75) is 13.0 Å². The molecule has 0 saturated heterocycles. The molecule has 0 aliphatic carbocycles. The van der Waals surface area contributed by atoms with Gasteiger partial charge in [0.1, 0.15) is 0 Å². The minimum atomic E-state index is -0.228. The van der Waals surface area contributed by atoms with E-state index in [1.807, 2.05) is 42.8 Å². The van der Waals surface area contributed by atoms with E-state index in [1.165, 1.54) is 11.3 Å². The second-order valence-corrected chi connectivity index (χ2v) is 5.36. The normalized spacial score (nSPS) is 11.7. The molecule has 6 heteroatoms. The van der Waals surface area contributed by atoms with E-state index in [0.29, 0.717) is 11.7 Å². The van der Waals surface area contributed by atoms with Crippen molar-refractivity contribution in [3.8, 4) is 0 Å². The van der Waals surface area contributed by atoms with Crippen molar-refractivity contribution in [1.82, 2.24) is 10.3 Å². The molecule has 2 aromatic rings. The molecule has 1 aromatic carbocycles. The van der Waals surface area contributed by atoms with Crippen molar-refractivity contribution in [1.29, 1.82) is 0 Å². The fourth-order valence-corrected chi connectivity index (χ4v) is 2.25. The van der Waals surface area contributed by atoms with Crippen LogP contribution in [0.1, 0.15) is 6.92 Å². The SMILES string of the molecule is CC(CNC(=O)Nc1nccs1)N(C)c1ccccc1. The number of likely N-dealkylation sites (N-methyl/N-ethyl adjacent to an activating group) is 1. The first kappa shape index (κ1) is 14.3. The van der Waals surface area contributed by atoms with Crippen molar-refractivity contribution in [3.05, 3.63) is 41.9 Å². The fraction of sp³-hybridized carbons (Fsp3) is 0.286. The molecule has 2 N–H and O–H groups in total. The predicted octanol–water partition coefficient (Wildman–Crippen LogP) is 2.79. The maximum absolute atomic E-state index is 11.7. The van der Waals surface area contributed by atoms with Gasteiger partial charge in [0, 0.05) is 36.9 Å². The fourth-order valence-electron chi connectivity index (χ4n) is 1.72. The Kier molecular flexibility index (Phi) is 4.95. The standard InChI is InChI=1S/C14H18N4OS/c1-11(18(2)12-6-4-3-5-7-12)10-16-13(19)17-14-15-8-9-20-14/h3-9,11H,10H2,1-2H3,(H2,15,16,17,19). The number of nitrogens with one attached hydrogen (secondary N) is 2. The van der Waals surface area contributed by atoms with E-state index in [9.17, 15) is 4.79 Å². The molecule has 0 radical (unpaired) electrons. The molecular weight excluding hydrogens is 272 g/mol. The molecule has 0 fully saturated rings. The monoisotopic (exact) mass is 290 g/mol. The van der Waals surface area contributed by atoms with E-state index in [1.54, 1.807) is 6.20 Å². The summed E-state index contributed by atoms with van der Waals surface area (Å²) in [6.07, 6.45) is 1.66. The Morgan fingerprint density at radius 3 is 2.80 bits per heavy atom. The molecule has 1 heterocycles. The van der Waals surface area contributed by atoms with Gasteiger partial charge in [-0.25, -0.2) is 9.78 Å². The lowest BCUT2D eigenvalue weighted by atomic mass is 10.2. The molecule has 2 rings (SSSR count). The van der Waals surface area contributed by atoms with Crippen LogP contribution in [0.4, 0.5) is 15.6 Å². The van der Waals surface area contributed by atoms with E-state index in [0.717, 1.165) is 5.69 Å². The summed E-state index contributed by atoms with van der Waals surface area (Å²) in [5.41, 5.74) is 1.13. The first-order chi connectivity index (χ1) is 9.66. The number of hydrogen-bond donors (Lipinski definition) is 2. The molecule has 1 aromatic heterocycles. The number of hydrogen-bond acceptors (Lipinski definition) is 4. The maximum atomic E-state index is 11.7. The quantitative estimate of drug-likeness (QED) is 0.890. The maximum Gasteiger partial charge on any atom is 0.321 e. The highest BCUT2D eigenvalue weighted by Crippen LogP contribution is 2.13. The number of carbonyl (C=O) groups is 1. The largest absolute Gasteiger partial charge is 0.370 e. The van der Waals surface area contributed by atoms with Gasteiger partial charge in [-0.15, -0.1) is 11.3 Å². The van der Waals surface area contributed by atoms with Crippen LogP contribution in [0.2, 0.25) is 0 Å². The number of nitrogens with zero attached hydrogens (tertiary/aromatic N) is 2. The highest BCUT2D eigenvalue weighted by atomic mass is 32.1. The summed E-state index contributed by atoms with van der Waals surface area (Å²) < 4.78 is 0. The van der Waals surface area contributed by atoms with Gasteiger partial charge in [-0.1, -0.05) is 18.2 Å². The molecule has 0 saturated carbocycles. The molecular formula is C14H18N4OS. The molecule has 5 nitrogen and oxygen atoms in total. The Morgan fingerprint density at radius 2 is 2.15 bits per heavy atom. The van der Waals surface area contributed by atoms with Gasteiger partial charge >= 0.3 is 6.03 Å². The first-order valence-electron chi connectivity index (χ1n) is 6.39. The summed E-state index contributed by atoms with van der Waals surface area (Å²) in [5.74, 6) is 0. The van der Waals surface area contributed by atoms with Crippen LogP contribution < -0.4 is 15.5 Å². The highest BCUT2D eigenvalue weighted by Gasteiger charge is 2.11. The Balaban J connectivity index is 1.80. The Labute approximate surface area is 122 Å². The summed E-state index contributed by atoms with van der Waals surface area (Å²) in [7, 11) is 2.01. The molecule has 2 amide bonds. The zero-order chi connectivity index (χ0) is 14.4. The lowest BCUT2D eigenvalue weighted by molar-refractivity contribution is 0.251. The Hall–Kier alpha value is -2.08. The van der Waals surface area contributed by atoms with Gasteiger partial charge < -0.3 is 10.2 Å². The smallest absolute Gasteiger partial charge is 0.321 e. The Bertz CT molecular complexity index is 529. The molecule has 0 aliphatic heterocycles. The summed E-state index contributed by atoms with van der Waals surface area (Å²) >= 11 is 1.40. The highest BCUT2D eigenvalue weighted by molar-refractivity contribution is 7.13. The third-order valence-electron chi connectivity index (χ3n) is 3.04. The zero-order valence-corrected chi connectivity index (χ0v) is 12.4. The van der Waals surface area contributed by atoms with Crippen LogP contribution in [0.3, 0.4) is 0 Å². The average molecular weight is 290 g/mol. The second kappa shape index (κ2) is 6.91. The minimum absolute atomic E-state index is 0.194. The van der Waals surface area contributed by atoms with E-state index in [2.05, 4.69) is 27.4 Å². The van der Waals surface area contributed by atoms with Crippen LogP contribution in [-0.4, -0.2) is 30.6 Å². The third kappa shape index (κ3) is 3.96. The Morgan fingerprint density at radius 1 is 1.40 bits per heavy atom. The van der Waals surface area contributed by atoms with Gasteiger partial charge in [-0.3, -0.25) is 5.32 Å². The molecule has 0 bridgehead atoms. The average Bonchev–Trinajstić information content (AvgIpc) is 2.97.